The minimum atomic E-state index is -0.530. The van der Waals surface area contributed by atoms with Crippen LogP contribution in [0.25, 0.3) is 0 Å². The van der Waals surface area contributed by atoms with Gasteiger partial charge in [0.15, 0.2) is 5.82 Å². The molecule has 7 heteroatoms. The SMILES string of the molecule is CCc1n[nH]c(=O)n1N1C(=O)C2CCCCC2C1=O. The van der Waals surface area contributed by atoms with Gasteiger partial charge in [-0.15, -0.1) is 0 Å². The van der Waals surface area contributed by atoms with E-state index in [1.165, 1.54) is 0 Å². The quantitative estimate of drug-likeness (QED) is 0.758. The number of fused-ring (bicyclic) bond motifs is 1. The predicted molar refractivity (Wildman–Crippen MR) is 65.9 cm³/mol. The topological polar surface area (TPSA) is 88.1 Å². The monoisotopic (exact) mass is 264 g/mol. The summed E-state index contributed by atoms with van der Waals surface area (Å²) >= 11 is 0. The zero-order valence-corrected chi connectivity index (χ0v) is 10.8. The smallest absolute Gasteiger partial charge is 0.272 e. The van der Waals surface area contributed by atoms with Crippen LogP contribution in [-0.2, 0) is 16.0 Å². The van der Waals surface area contributed by atoms with Gasteiger partial charge in [0.25, 0.3) is 11.8 Å². The number of aryl methyl sites for hydroxylation is 1. The number of hydrogen-bond acceptors (Lipinski definition) is 4. The van der Waals surface area contributed by atoms with Gasteiger partial charge in [0.1, 0.15) is 0 Å². The Labute approximate surface area is 109 Å². The number of amides is 2. The summed E-state index contributed by atoms with van der Waals surface area (Å²) in [5, 5.41) is 7.15. The van der Waals surface area contributed by atoms with E-state index in [9.17, 15) is 14.4 Å². The lowest BCUT2D eigenvalue weighted by atomic mass is 9.81. The highest BCUT2D eigenvalue weighted by atomic mass is 16.2. The summed E-state index contributed by atoms with van der Waals surface area (Å²) in [4.78, 5) is 36.5. The van der Waals surface area contributed by atoms with Crippen LogP contribution in [0.2, 0.25) is 0 Å². The maximum Gasteiger partial charge on any atom is 0.363 e. The maximum atomic E-state index is 12.4. The van der Waals surface area contributed by atoms with Crippen molar-refractivity contribution in [1.82, 2.24) is 14.9 Å². The molecule has 0 aromatic carbocycles. The van der Waals surface area contributed by atoms with Gasteiger partial charge in [-0.2, -0.15) is 14.8 Å². The molecular weight excluding hydrogens is 248 g/mol. The molecule has 3 rings (SSSR count). The van der Waals surface area contributed by atoms with Crippen LogP contribution in [0.5, 0.6) is 0 Å². The molecule has 1 aromatic heterocycles. The standard InChI is InChI=1S/C12H16N4O3/c1-2-9-13-14-12(19)15(9)16-10(17)7-5-3-4-6-8(7)11(16)18/h7-8H,2-6H2,1H3,(H,14,19). The van der Waals surface area contributed by atoms with Crippen molar-refractivity contribution in [3.63, 3.8) is 0 Å². The second kappa shape index (κ2) is 4.32. The van der Waals surface area contributed by atoms with Gasteiger partial charge in [0.2, 0.25) is 0 Å². The van der Waals surface area contributed by atoms with E-state index < -0.39 is 5.69 Å². The highest BCUT2D eigenvalue weighted by Crippen LogP contribution is 2.37. The molecule has 2 atom stereocenters. The Bertz CT molecular complexity index is 564. The number of imide groups is 1. The van der Waals surface area contributed by atoms with Crippen LogP contribution < -0.4 is 10.7 Å². The third-order valence-corrected chi connectivity index (χ3v) is 4.05. The lowest BCUT2D eigenvalue weighted by Crippen LogP contribution is -2.47. The number of aromatic amines is 1. The average molecular weight is 264 g/mol. The molecule has 2 aliphatic rings. The fourth-order valence-electron chi connectivity index (χ4n) is 3.10. The maximum absolute atomic E-state index is 12.4. The van der Waals surface area contributed by atoms with Crippen molar-refractivity contribution in [3.05, 3.63) is 16.3 Å². The van der Waals surface area contributed by atoms with Crippen LogP contribution in [0, 0.1) is 11.8 Å². The fourth-order valence-corrected chi connectivity index (χ4v) is 3.10. The fraction of sp³-hybridized carbons (Fsp3) is 0.667. The highest BCUT2D eigenvalue weighted by molar-refractivity contribution is 6.16. The summed E-state index contributed by atoms with van der Waals surface area (Å²) in [5.74, 6) is -0.619. The Balaban J connectivity index is 2.05. The third kappa shape index (κ3) is 1.64. The molecule has 0 radical (unpaired) electrons. The summed E-state index contributed by atoms with van der Waals surface area (Å²) in [6.07, 6.45) is 3.88. The van der Waals surface area contributed by atoms with Crippen molar-refractivity contribution >= 4 is 11.8 Å². The molecule has 2 heterocycles. The van der Waals surface area contributed by atoms with Gasteiger partial charge in [-0.3, -0.25) is 9.59 Å². The number of carbonyl (C=O) groups excluding carboxylic acids is 2. The molecule has 2 fully saturated rings. The van der Waals surface area contributed by atoms with Gasteiger partial charge in [0, 0.05) is 6.42 Å². The lowest BCUT2D eigenvalue weighted by Gasteiger charge is -2.19. The van der Waals surface area contributed by atoms with E-state index in [2.05, 4.69) is 10.2 Å². The van der Waals surface area contributed by atoms with Gasteiger partial charge >= 0.3 is 5.69 Å². The summed E-state index contributed by atoms with van der Waals surface area (Å²) in [7, 11) is 0. The Hall–Kier alpha value is -1.92. The first kappa shape index (κ1) is 12.1. The van der Waals surface area contributed by atoms with Gasteiger partial charge < -0.3 is 0 Å². The number of aromatic nitrogens is 3. The second-order valence-electron chi connectivity index (χ2n) is 5.10. The molecule has 1 saturated heterocycles. The molecule has 1 N–H and O–H groups in total. The highest BCUT2D eigenvalue weighted by Gasteiger charge is 2.50. The molecule has 1 aliphatic carbocycles. The molecule has 2 amide bonds. The van der Waals surface area contributed by atoms with Crippen molar-refractivity contribution in [3.8, 4) is 0 Å². The van der Waals surface area contributed by atoms with Gasteiger partial charge in [-0.1, -0.05) is 19.8 Å². The summed E-state index contributed by atoms with van der Waals surface area (Å²) in [6, 6.07) is 0. The molecule has 2 unspecified atom stereocenters. The first-order chi connectivity index (χ1) is 9.15. The first-order valence-corrected chi connectivity index (χ1v) is 6.69. The summed E-state index contributed by atoms with van der Waals surface area (Å²) in [6.45, 7) is 1.82. The molecule has 0 spiro atoms. The van der Waals surface area contributed by atoms with Crippen LogP contribution in [0.15, 0.2) is 4.79 Å². The molecular formula is C12H16N4O3. The van der Waals surface area contributed by atoms with E-state index >= 15 is 0 Å². The van der Waals surface area contributed by atoms with Crippen molar-refractivity contribution < 1.29 is 9.59 Å². The second-order valence-corrected chi connectivity index (χ2v) is 5.10. The number of H-pyrrole nitrogens is 1. The van der Waals surface area contributed by atoms with Crippen LogP contribution >= 0.6 is 0 Å². The van der Waals surface area contributed by atoms with Gasteiger partial charge in [-0.25, -0.2) is 9.89 Å². The minimum absolute atomic E-state index is 0.257. The average Bonchev–Trinajstić information content (AvgIpc) is 2.90. The largest absolute Gasteiger partial charge is 0.363 e. The van der Waals surface area contributed by atoms with E-state index in [4.69, 9.17) is 0 Å². The number of nitrogens with one attached hydrogen (secondary N) is 1. The predicted octanol–water partition coefficient (Wildman–Crippen LogP) is -0.0550. The molecule has 102 valence electrons. The molecule has 1 aliphatic heterocycles. The number of hydrogen-bond donors (Lipinski definition) is 1. The summed E-state index contributed by atoms with van der Waals surface area (Å²) in [5.41, 5.74) is -0.530. The van der Waals surface area contributed by atoms with Crippen molar-refractivity contribution in [2.24, 2.45) is 11.8 Å². The lowest BCUT2D eigenvalue weighted by molar-refractivity contribution is -0.125. The zero-order valence-electron chi connectivity index (χ0n) is 10.8. The Morgan fingerprint density at radius 2 is 1.74 bits per heavy atom. The van der Waals surface area contributed by atoms with E-state index in [1.54, 1.807) is 0 Å². The Kier molecular flexibility index (Phi) is 2.76. The first-order valence-electron chi connectivity index (χ1n) is 6.69. The van der Waals surface area contributed by atoms with E-state index in [0.717, 1.165) is 35.4 Å². The summed E-state index contributed by atoms with van der Waals surface area (Å²) < 4.78 is 1.10. The Morgan fingerprint density at radius 1 is 1.16 bits per heavy atom. The third-order valence-electron chi connectivity index (χ3n) is 4.05. The normalized spacial score (nSPS) is 26.9. The van der Waals surface area contributed by atoms with Gasteiger partial charge in [-0.05, 0) is 12.8 Å². The van der Waals surface area contributed by atoms with Gasteiger partial charge in [0.05, 0.1) is 11.8 Å². The molecule has 0 bridgehead atoms. The minimum Gasteiger partial charge on any atom is -0.272 e. The molecule has 1 aromatic rings. The number of rotatable bonds is 2. The molecule has 7 nitrogen and oxygen atoms in total. The molecule has 1 saturated carbocycles. The zero-order chi connectivity index (χ0) is 13.6. The number of carbonyl (C=O) groups is 2. The molecule has 19 heavy (non-hydrogen) atoms. The number of nitrogens with zero attached hydrogens (tertiary/aromatic N) is 3. The van der Waals surface area contributed by atoms with Crippen LogP contribution in [0.1, 0.15) is 38.4 Å². The van der Waals surface area contributed by atoms with Crippen LogP contribution in [-0.4, -0.2) is 26.7 Å². The van der Waals surface area contributed by atoms with Crippen molar-refractivity contribution in [2.75, 3.05) is 5.01 Å². The van der Waals surface area contributed by atoms with E-state index in [-0.39, 0.29) is 23.7 Å². The van der Waals surface area contributed by atoms with Crippen LogP contribution in [0.4, 0.5) is 0 Å². The Morgan fingerprint density at radius 3 is 2.26 bits per heavy atom. The van der Waals surface area contributed by atoms with E-state index in [1.807, 2.05) is 6.92 Å². The van der Waals surface area contributed by atoms with Crippen molar-refractivity contribution in [2.45, 2.75) is 39.0 Å². The van der Waals surface area contributed by atoms with E-state index in [0.29, 0.717) is 12.2 Å². The van der Waals surface area contributed by atoms with Crippen molar-refractivity contribution in [1.29, 1.82) is 0 Å². The van der Waals surface area contributed by atoms with Crippen LogP contribution in [0.3, 0.4) is 0 Å².